The topological polar surface area (TPSA) is 52.6 Å². The molecule has 98 valence electrons. The van der Waals surface area contributed by atoms with E-state index in [1.165, 1.54) is 0 Å². The quantitative estimate of drug-likeness (QED) is 0.848. The standard InChI is InChI=1S/C14H20N2O2/c1-2-8-15-14(18)10-16-9-7-13(17)11-5-3-4-6-12(11)16/h3-6,13,17H,2,7-10H2,1H3,(H,15,18). The van der Waals surface area contributed by atoms with Crippen LogP contribution in [0.15, 0.2) is 24.3 Å². The molecule has 0 bridgehead atoms. The summed E-state index contributed by atoms with van der Waals surface area (Å²) in [7, 11) is 0. The van der Waals surface area contributed by atoms with Crippen LogP contribution in [0.5, 0.6) is 0 Å². The lowest BCUT2D eigenvalue weighted by Crippen LogP contribution is -2.40. The number of fused-ring (bicyclic) bond motifs is 1. The SMILES string of the molecule is CCCNC(=O)CN1CCC(O)c2ccccc21. The van der Waals surface area contributed by atoms with Gasteiger partial charge in [-0.25, -0.2) is 0 Å². The van der Waals surface area contributed by atoms with Crippen molar-refractivity contribution in [1.29, 1.82) is 0 Å². The first-order chi connectivity index (χ1) is 8.72. The molecule has 0 spiro atoms. The summed E-state index contributed by atoms with van der Waals surface area (Å²) in [5.41, 5.74) is 1.90. The maximum atomic E-state index is 11.7. The second-order valence-corrected chi connectivity index (χ2v) is 4.63. The van der Waals surface area contributed by atoms with Crippen molar-refractivity contribution in [2.24, 2.45) is 0 Å². The first-order valence-electron chi connectivity index (χ1n) is 6.51. The number of amides is 1. The summed E-state index contributed by atoms with van der Waals surface area (Å²) in [6, 6.07) is 7.75. The Morgan fingerprint density at radius 1 is 1.50 bits per heavy atom. The molecule has 1 amide bonds. The Morgan fingerprint density at radius 2 is 2.28 bits per heavy atom. The molecule has 0 saturated heterocycles. The Kier molecular flexibility index (Phi) is 4.20. The van der Waals surface area contributed by atoms with Gasteiger partial charge in [-0.3, -0.25) is 4.79 Å². The maximum Gasteiger partial charge on any atom is 0.239 e. The number of rotatable bonds is 4. The number of anilines is 1. The predicted molar refractivity (Wildman–Crippen MR) is 71.5 cm³/mol. The number of hydrogen-bond donors (Lipinski definition) is 2. The summed E-state index contributed by atoms with van der Waals surface area (Å²) < 4.78 is 0. The zero-order valence-electron chi connectivity index (χ0n) is 10.7. The van der Waals surface area contributed by atoms with Crippen LogP contribution in [0.4, 0.5) is 5.69 Å². The summed E-state index contributed by atoms with van der Waals surface area (Å²) in [6.07, 6.45) is 1.22. The number of carbonyl (C=O) groups excluding carboxylic acids is 1. The van der Waals surface area contributed by atoms with E-state index in [-0.39, 0.29) is 5.91 Å². The highest BCUT2D eigenvalue weighted by atomic mass is 16.3. The van der Waals surface area contributed by atoms with Crippen molar-refractivity contribution in [2.75, 3.05) is 24.5 Å². The fraction of sp³-hybridized carbons (Fsp3) is 0.500. The lowest BCUT2D eigenvalue weighted by atomic mass is 9.99. The molecule has 4 heteroatoms. The molecule has 1 aliphatic rings. The average Bonchev–Trinajstić information content (AvgIpc) is 2.40. The molecule has 0 fully saturated rings. The molecule has 1 aromatic carbocycles. The van der Waals surface area contributed by atoms with Crippen LogP contribution in [0.25, 0.3) is 0 Å². The zero-order chi connectivity index (χ0) is 13.0. The number of nitrogens with one attached hydrogen (secondary N) is 1. The van der Waals surface area contributed by atoms with E-state index < -0.39 is 6.10 Å². The number of carbonyl (C=O) groups is 1. The van der Waals surface area contributed by atoms with Crippen LogP contribution < -0.4 is 10.2 Å². The van der Waals surface area contributed by atoms with E-state index >= 15 is 0 Å². The predicted octanol–water partition coefficient (Wildman–Crippen LogP) is 1.46. The van der Waals surface area contributed by atoms with E-state index in [9.17, 15) is 9.90 Å². The van der Waals surface area contributed by atoms with Crippen LogP contribution in [-0.4, -0.2) is 30.6 Å². The van der Waals surface area contributed by atoms with E-state index in [1.807, 2.05) is 36.1 Å². The van der Waals surface area contributed by atoms with Gasteiger partial charge in [0.2, 0.25) is 5.91 Å². The number of nitrogens with zero attached hydrogens (tertiary/aromatic N) is 1. The van der Waals surface area contributed by atoms with Crippen LogP contribution in [0.2, 0.25) is 0 Å². The number of aliphatic hydroxyl groups is 1. The number of aliphatic hydroxyl groups excluding tert-OH is 1. The van der Waals surface area contributed by atoms with Crippen molar-refractivity contribution in [3.05, 3.63) is 29.8 Å². The molecule has 1 aromatic rings. The van der Waals surface area contributed by atoms with Crippen LogP contribution in [-0.2, 0) is 4.79 Å². The van der Waals surface area contributed by atoms with Gasteiger partial charge in [-0.1, -0.05) is 25.1 Å². The Labute approximate surface area is 108 Å². The van der Waals surface area contributed by atoms with Crippen molar-refractivity contribution in [1.82, 2.24) is 5.32 Å². The molecule has 0 aromatic heterocycles. The average molecular weight is 248 g/mol. The summed E-state index contributed by atoms with van der Waals surface area (Å²) in [5, 5.41) is 12.8. The van der Waals surface area contributed by atoms with Crippen molar-refractivity contribution >= 4 is 11.6 Å². The van der Waals surface area contributed by atoms with Gasteiger partial charge >= 0.3 is 0 Å². The molecule has 1 atom stereocenters. The van der Waals surface area contributed by atoms with Crippen LogP contribution in [0.3, 0.4) is 0 Å². The van der Waals surface area contributed by atoms with Crippen LogP contribution in [0.1, 0.15) is 31.4 Å². The summed E-state index contributed by atoms with van der Waals surface area (Å²) >= 11 is 0. The molecular formula is C14H20N2O2. The molecule has 18 heavy (non-hydrogen) atoms. The molecular weight excluding hydrogens is 228 g/mol. The van der Waals surface area contributed by atoms with Gasteiger partial charge in [0.1, 0.15) is 0 Å². The minimum absolute atomic E-state index is 0.0445. The van der Waals surface area contributed by atoms with E-state index in [0.29, 0.717) is 13.0 Å². The van der Waals surface area contributed by atoms with Gasteiger partial charge in [0, 0.05) is 24.3 Å². The third-order valence-corrected chi connectivity index (χ3v) is 3.22. The molecule has 2 rings (SSSR count). The lowest BCUT2D eigenvalue weighted by molar-refractivity contribution is -0.119. The van der Waals surface area contributed by atoms with E-state index in [1.54, 1.807) is 0 Å². The normalized spacial score (nSPS) is 18.3. The first-order valence-corrected chi connectivity index (χ1v) is 6.51. The van der Waals surface area contributed by atoms with Gasteiger partial charge in [-0.05, 0) is 18.9 Å². The van der Waals surface area contributed by atoms with Gasteiger partial charge in [-0.15, -0.1) is 0 Å². The Morgan fingerprint density at radius 3 is 3.06 bits per heavy atom. The van der Waals surface area contributed by atoms with Crippen molar-refractivity contribution in [2.45, 2.75) is 25.9 Å². The molecule has 0 radical (unpaired) electrons. The number of para-hydroxylation sites is 1. The molecule has 0 saturated carbocycles. The molecule has 1 aliphatic heterocycles. The van der Waals surface area contributed by atoms with E-state index in [2.05, 4.69) is 5.32 Å². The molecule has 1 unspecified atom stereocenters. The summed E-state index contributed by atoms with van der Waals surface area (Å²) in [6.45, 7) is 3.84. The zero-order valence-corrected chi connectivity index (χ0v) is 10.7. The van der Waals surface area contributed by atoms with Crippen LogP contribution in [0, 0.1) is 0 Å². The molecule has 2 N–H and O–H groups in total. The summed E-state index contributed by atoms with van der Waals surface area (Å²) in [5.74, 6) is 0.0445. The molecule has 0 aliphatic carbocycles. The largest absolute Gasteiger partial charge is 0.388 e. The minimum Gasteiger partial charge on any atom is -0.388 e. The Balaban J connectivity index is 2.07. The van der Waals surface area contributed by atoms with Gasteiger partial charge in [0.25, 0.3) is 0 Å². The number of benzene rings is 1. The van der Waals surface area contributed by atoms with Crippen molar-refractivity contribution in [3.63, 3.8) is 0 Å². The third kappa shape index (κ3) is 2.82. The molecule has 4 nitrogen and oxygen atoms in total. The summed E-state index contributed by atoms with van der Waals surface area (Å²) in [4.78, 5) is 13.8. The second-order valence-electron chi connectivity index (χ2n) is 4.63. The van der Waals surface area contributed by atoms with Gasteiger partial charge in [0.15, 0.2) is 0 Å². The van der Waals surface area contributed by atoms with Gasteiger partial charge in [-0.2, -0.15) is 0 Å². The lowest BCUT2D eigenvalue weighted by Gasteiger charge is -2.33. The smallest absolute Gasteiger partial charge is 0.239 e. The van der Waals surface area contributed by atoms with E-state index in [0.717, 1.165) is 30.8 Å². The third-order valence-electron chi connectivity index (χ3n) is 3.22. The Bertz CT molecular complexity index is 420. The van der Waals surface area contributed by atoms with Gasteiger partial charge in [0.05, 0.1) is 12.6 Å². The van der Waals surface area contributed by atoms with Crippen molar-refractivity contribution in [3.8, 4) is 0 Å². The highest BCUT2D eigenvalue weighted by molar-refractivity contribution is 5.81. The fourth-order valence-electron chi connectivity index (χ4n) is 2.27. The highest BCUT2D eigenvalue weighted by Crippen LogP contribution is 2.32. The maximum absolute atomic E-state index is 11.7. The van der Waals surface area contributed by atoms with E-state index in [4.69, 9.17) is 0 Å². The fourth-order valence-corrected chi connectivity index (χ4v) is 2.27. The minimum atomic E-state index is -0.406. The first kappa shape index (κ1) is 12.9. The monoisotopic (exact) mass is 248 g/mol. The molecule has 1 heterocycles. The highest BCUT2D eigenvalue weighted by Gasteiger charge is 2.24. The van der Waals surface area contributed by atoms with Crippen LogP contribution >= 0.6 is 0 Å². The number of hydrogen-bond acceptors (Lipinski definition) is 3. The van der Waals surface area contributed by atoms with Gasteiger partial charge < -0.3 is 15.3 Å². The Hall–Kier alpha value is -1.55. The van der Waals surface area contributed by atoms with Crippen molar-refractivity contribution < 1.29 is 9.90 Å². The second kappa shape index (κ2) is 5.87.